The number of benzene rings is 2. The van der Waals surface area contributed by atoms with Crippen LogP contribution in [0.3, 0.4) is 0 Å². The second-order valence-corrected chi connectivity index (χ2v) is 6.14. The molecule has 0 saturated heterocycles. The fourth-order valence-corrected chi connectivity index (χ4v) is 2.80. The van der Waals surface area contributed by atoms with Gasteiger partial charge in [0.05, 0.1) is 0 Å². The van der Waals surface area contributed by atoms with Crippen LogP contribution < -0.4 is 10.1 Å². The van der Waals surface area contributed by atoms with Crippen LogP contribution in [0.25, 0.3) is 0 Å². The molecule has 0 aliphatic rings. The zero-order valence-corrected chi connectivity index (χ0v) is 14.3. The zero-order valence-electron chi connectivity index (χ0n) is 11.1. The minimum atomic E-state index is -0.400. The van der Waals surface area contributed by atoms with Gasteiger partial charge in [0.1, 0.15) is 5.75 Å². The average molecular weight is 403 g/mol. The topological polar surface area (TPSA) is 21.3 Å². The van der Waals surface area contributed by atoms with Crippen molar-refractivity contribution in [3.63, 3.8) is 0 Å². The molecule has 0 spiro atoms. The third kappa shape index (κ3) is 3.59. The van der Waals surface area contributed by atoms with E-state index in [0.29, 0.717) is 10.2 Å². The molecule has 20 heavy (non-hydrogen) atoms. The zero-order chi connectivity index (χ0) is 14.7. The van der Waals surface area contributed by atoms with Crippen LogP contribution in [0.1, 0.15) is 18.5 Å². The molecule has 0 aliphatic heterocycles. The second kappa shape index (κ2) is 6.70. The van der Waals surface area contributed by atoms with E-state index in [4.69, 9.17) is 4.74 Å². The van der Waals surface area contributed by atoms with Crippen molar-refractivity contribution in [2.24, 2.45) is 0 Å². The maximum absolute atomic E-state index is 13.7. The van der Waals surface area contributed by atoms with Crippen molar-refractivity contribution in [1.29, 1.82) is 0 Å². The summed E-state index contributed by atoms with van der Waals surface area (Å²) in [5.41, 5.74) is 1.12. The van der Waals surface area contributed by atoms with Crippen molar-refractivity contribution < 1.29 is 9.13 Å². The van der Waals surface area contributed by atoms with Crippen molar-refractivity contribution in [3.05, 3.63) is 56.7 Å². The highest BCUT2D eigenvalue weighted by molar-refractivity contribution is 9.10. The number of hydrogen-bond acceptors (Lipinski definition) is 2. The van der Waals surface area contributed by atoms with Gasteiger partial charge in [-0.15, -0.1) is 0 Å². The summed E-state index contributed by atoms with van der Waals surface area (Å²) in [6.07, 6.45) is 0. The summed E-state index contributed by atoms with van der Waals surface area (Å²) in [5.74, 6) is 0.392. The normalized spacial score (nSPS) is 12.2. The predicted molar refractivity (Wildman–Crippen MR) is 85.8 cm³/mol. The molecule has 0 amide bonds. The van der Waals surface area contributed by atoms with E-state index in [-0.39, 0.29) is 11.8 Å². The van der Waals surface area contributed by atoms with E-state index < -0.39 is 5.82 Å². The lowest BCUT2D eigenvalue weighted by Crippen LogP contribution is -2.12. The Morgan fingerprint density at radius 3 is 2.50 bits per heavy atom. The first kappa shape index (κ1) is 15.5. The summed E-state index contributed by atoms with van der Waals surface area (Å²) >= 11 is 6.73. The standard InChI is InChI=1S/C15H14Br2FNO/c1-9(19-2)12-5-4-11(8-13(12)17)20-15-6-3-10(16)7-14(15)18/h3-9,19H,1-2H3. The number of nitrogens with one attached hydrogen (secondary N) is 1. The SMILES string of the molecule is CNC(C)c1ccc(Oc2ccc(Br)cc2F)cc1Br. The smallest absolute Gasteiger partial charge is 0.166 e. The van der Waals surface area contributed by atoms with Gasteiger partial charge in [0.25, 0.3) is 0 Å². The van der Waals surface area contributed by atoms with Gasteiger partial charge < -0.3 is 10.1 Å². The van der Waals surface area contributed by atoms with Crippen molar-refractivity contribution in [2.75, 3.05) is 7.05 Å². The van der Waals surface area contributed by atoms with Crippen molar-refractivity contribution in [1.82, 2.24) is 5.32 Å². The molecule has 5 heteroatoms. The quantitative estimate of drug-likeness (QED) is 0.736. The molecule has 2 aromatic carbocycles. The Kier molecular flexibility index (Phi) is 5.18. The molecule has 2 nitrogen and oxygen atoms in total. The highest BCUT2D eigenvalue weighted by atomic mass is 79.9. The lowest BCUT2D eigenvalue weighted by Gasteiger charge is -2.14. The number of ether oxygens (including phenoxy) is 1. The van der Waals surface area contributed by atoms with E-state index in [1.54, 1.807) is 12.1 Å². The van der Waals surface area contributed by atoms with Crippen LogP contribution in [-0.2, 0) is 0 Å². The fourth-order valence-electron chi connectivity index (χ4n) is 1.76. The molecule has 0 saturated carbocycles. The molecule has 0 aliphatic carbocycles. The molecule has 0 radical (unpaired) electrons. The first-order valence-electron chi connectivity index (χ1n) is 6.11. The highest BCUT2D eigenvalue weighted by Gasteiger charge is 2.10. The Morgan fingerprint density at radius 1 is 1.15 bits per heavy atom. The highest BCUT2D eigenvalue weighted by Crippen LogP contribution is 2.31. The maximum atomic E-state index is 13.7. The molecular formula is C15H14Br2FNO. The molecule has 1 atom stereocenters. The summed E-state index contributed by atoms with van der Waals surface area (Å²) in [6.45, 7) is 2.06. The first-order valence-corrected chi connectivity index (χ1v) is 7.69. The number of rotatable bonds is 4. The minimum absolute atomic E-state index is 0.203. The van der Waals surface area contributed by atoms with E-state index in [1.807, 2.05) is 25.2 Å². The Morgan fingerprint density at radius 2 is 1.90 bits per heavy atom. The molecule has 1 N–H and O–H groups in total. The van der Waals surface area contributed by atoms with Crippen LogP contribution in [0, 0.1) is 5.82 Å². The Labute approximate surface area is 134 Å². The van der Waals surface area contributed by atoms with E-state index in [9.17, 15) is 4.39 Å². The van der Waals surface area contributed by atoms with Crippen molar-refractivity contribution in [2.45, 2.75) is 13.0 Å². The summed E-state index contributed by atoms with van der Waals surface area (Å²) in [4.78, 5) is 0. The van der Waals surface area contributed by atoms with Gasteiger partial charge in [0, 0.05) is 15.0 Å². The molecule has 0 fully saturated rings. The fraction of sp³-hybridized carbons (Fsp3) is 0.200. The maximum Gasteiger partial charge on any atom is 0.166 e. The number of halogens is 3. The Hall–Kier alpha value is -0.910. The minimum Gasteiger partial charge on any atom is -0.454 e. The second-order valence-electron chi connectivity index (χ2n) is 4.37. The molecule has 0 heterocycles. The molecule has 2 aromatic rings. The largest absolute Gasteiger partial charge is 0.454 e. The molecule has 0 bridgehead atoms. The van der Waals surface area contributed by atoms with Crippen LogP contribution in [0.5, 0.6) is 11.5 Å². The molecule has 1 unspecified atom stereocenters. The van der Waals surface area contributed by atoms with Gasteiger partial charge in [-0.2, -0.15) is 0 Å². The van der Waals surface area contributed by atoms with Gasteiger partial charge in [-0.05, 0) is 49.9 Å². The molecule has 0 aromatic heterocycles. The van der Waals surface area contributed by atoms with Crippen LogP contribution in [0.4, 0.5) is 4.39 Å². The van der Waals surface area contributed by atoms with Crippen LogP contribution in [0.2, 0.25) is 0 Å². The van der Waals surface area contributed by atoms with Gasteiger partial charge in [0.2, 0.25) is 0 Å². The monoisotopic (exact) mass is 401 g/mol. The van der Waals surface area contributed by atoms with Crippen LogP contribution in [0.15, 0.2) is 45.3 Å². The summed E-state index contributed by atoms with van der Waals surface area (Å²) in [6, 6.07) is 10.6. The summed E-state index contributed by atoms with van der Waals surface area (Å²) in [5, 5.41) is 3.17. The van der Waals surface area contributed by atoms with E-state index in [0.717, 1.165) is 10.0 Å². The Balaban J connectivity index is 2.24. The van der Waals surface area contributed by atoms with E-state index >= 15 is 0 Å². The van der Waals surface area contributed by atoms with E-state index in [2.05, 4.69) is 44.1 Å². The van der Waals surface area contributed by atoms with Gasteiger partial charge in [-0.1, -0.05) is 37.9 Å². The number of hydrogen-bond donors (Lipinski definition) is 1. The van der Waals surface area contributed by atoms with Crippen molar-refractivity contribution in [3.8, 4) is 11.5 Å². The van der Waals surface area contributed by atoms with Gasteiger partial charge in [0.15, 0.2) is 11.6 Å². The summed E-state index contributed by atoms with van der Waals surface area (Å²) < 4.78 is 20.9. The van der Waals surface area contributed by atoms with Gasteiger partial charge in [-0.25, -0.2) is 4.39 Å². The lowest BCUT2D eigenvalue weighted by atomic mass is 10.1. The molecule has 106 valence electrons. The third-order valence-corrected chi connectivity index (χ3v) is 4.17. The summed E-state index contributed by atoms with van der Waals surface area (Å²) in [7, 11) is 1.90. The molecular weight excluding hydrogens is 389 g/mol. The third-order valence-electron chi connectivity index (χ3n) is 2.99. The first-order chi connectivity index (χ1) is 9.51. The predicted octanol–water partition coefficient (Wildman–Crippen LogP) is 5.42. The van der Waals surface area contributed by atoms with Gasteiger partial charge >= 0.3 is 0 Å². The lowest BCUT2D eigenvalue weighted by molar-refractivity contribution is 0.441. The Bertz CT molecular complexity index is 619. The van der Waals surface area contributed by atoms with Crippen LogP contribution in [-0.4, -0.2) is 7.05 Å². The van der Waals surface area contributed by atoms with Crippen molar-refractivity contribution >= 4 is 31.9 Å². The van der Waals surface area contributed by atoms with E-state index in [1.165, 1.54) is 6.07 Å². The molecule has 2 rings (SSSR count). The average Bonchev–Trinajstić information content (AvgIpc) is 2.41. The van der Waals surface area contributed by atoms with Crippen LogP contribution >= 0.6 is 31.9 Å². The van der Waals surface area contributed by atoms with Gasteiger partial charge in [-0.3, -0.25) is 0 Å².